The van der Waals surface area contributed by atoms with Crippen molar-refractivity contribution >= 4 is 22.4 Å². The minimum absolute atomic E-state index is 0.0923. The Bertz CT molecular complexity index is 426. The summed E-state index contributed by atoms with van der Waals surface area (Å²) < 4.78 is 36.8. The number of amides is 1. The SMILES string of the molecule is O=C(CC1CCCC1)Nc1nnc(C(F)(F)F)s1. The molecule has 0 unspecified atom stereocenters. The van der Waals surface area contributed by atoms with Gasteiger partial charge < -0.3 is 5.32 Å². The molecule has 0 aromatic carbocycles. The minimum Gasteiger partial charge on any atom is -0.301 e. The highest BCUT2D eigenvalue weighted by atomic mass is 32.1. The Morgan fingerprint density at radius 2 is 2.00 bits per heavy atom. The quantitative estimate of drug-likeness (QED) is 0.925. The first-order valence-electron chi connectivity index (χ1n) is 5.65. The molecule has 0 atom stereocenters. The number of carbonyl (C=O) groups excluding carboxylic acids is 1. The molecule has 0 bridgehead atoms. The number of hydrogen-bond acceptors (Lipinski definition) is 4. The molecule has 1 aromatic rings. The minimum atomic E-state index is -4.51. The van der Waals surface area contributed by atoms with Gasteiger partial charge in [0.1, 0.15) is 0 Å². The van der Waals surface area contributed by atoms with Crippen LogP contribution in [0.15, 0.2) is 0 Å². The Balaban J connectivity index is 1.88. The maximum Gasteiger partial charge on any atom is 0.445 e. The first-order valence-corrected chi connectivity index (χ1v) is 6.47. The third-order valence-electron chi connectivity index (χ3n) is 2.86. The lowest BCUT2D eigenvalue weighted by Gasteiger charge is -2.07. The van der Waals surface area contributed by atoms with E-state index in [-0.39, 0.29) is 11.0 Å². The molecule has 1 N–H and O–H groups in total. The predicted octanol–water partition coefficient (Wildman–Crippen LogP) is 3.08. The Labute approximate surface area is 106 Å². The zero-order chi connectivity index (χ0) is 13.2. The molecule has 1 amide bonds. The Morgan fingerprint density at radius 1 is 1.33 bits per heavy atom. The molecule has 1 saturated carbocycles. The number of nitrogens with zero attached hydrogens (tertiary/aromatic N) is 2. The van der Waals surface area contributed by atoms with Crippen molar-refractivity contribution in [3.8, 4) is 0 Å². The number of hydrogen-bond donors (Lipinski definition) is 1. The van der Waals surface area contributed by atoms with Gasteiger partial charge in [-0.2, -0.15) is 13.2 Å². The summed E-state index contributed by atoms with van der Waals surface area (Å²) in [6, 6.07) is 0. The van der Waals surface area contributed by atoms with Gasteiger partial charge in [-0.1, -0.05) is 24.2 Å². The van der Waals surface area contributed by atoms with Crippen LogP contribution in [0.1, 0.15) is 37.1 Å². The summed E-state index contributed by atoms with van der Waals surface area (Å²) in [6.45, 7) is 0. The number of nitrogens with one attached hydrogen (secondary N) is 1. The van der Waals surface area contributed by atoms with Crippen molar-refractivity contribution in [3.05, 3.63) is 5.01 Å². The van der Waals surface area contributed by atoms with E-state index >= 15 is 0 Å². The van der Waals surface area contributed by atoms with Crippen molar-refractivity contribution in [3.63, 3.8) is 0 Å². The van der Waals surface area contributed by atoms with Gasteiger partial charge in [-0.25, -0.2) is 0 Å². The molecule has 1 heterocycles. The molecule has 1 aliphatic rings. The van der Waals surface area contributed by atoms with Gasteiger partial charge in [0.2, 0.25) is 16.0 Å². The second-order valence-electron chi connectivity index (χ2n) is 4.31. The van der Waals surface area contributed by atoms with Gasteiger partial charge in [-0.05, 0) is 18.8 Å². The summed E-state index contributed by atoms with van der Waals surface area (Å²) in [4.78, 5) is 11.6. The molecule has 0 aliphatic heterocycles. The summed E-state index contributed by atoms with van der Waals surface area (Å²) in [6.07, 6.45) is 0.103. The molecule has 0 saturated heterocycles. The van der Waals surface area contributed by atoms with Crippen LogP contribution in [0, 0.1) is 5.92 Å². The highest BCUT2D eigenvalue weighted by Crippen LogP contribution is 2.33. The first kappa shape index (κ1) is 13.3. The zero-order valence-corrected chi connectivity index (χ0v) is 10.3. The molecule has 2 rings (SSSR count). The Kier molecular flexibility index (Phi) is 3.84. The zero-order valence-electron chi connectivity index (χ0n) is 9.46. The van der Waals surface area contributed by atoms with Crippen LogP contribution >= 0.6 is 11.3 Å². The summed E-state index contributed by atoms with van der Waals surface area (Å²) in [7, 11) is 0. The smallest absolute Gasteiger partial charge is 0.301 e. The van der Waals surface area contributed by atoms with E-state index in [9.17, 15) is 18.0 Å². The number of carbonyl (C=O) groups is 1. The van der Waals surface area contributed by atoms with E-state index in [0.717, 1.165) is 25.7 Å². The monoisotopic (exact) mass is 279 g/mol. The van der Waals surface area contributed by atoms with Gasteiger partial charge in [-0.3, -0.25) is 4.79 Å². The Hall–Kier alpha value is -1.18. The van der Waals surface area contributed by atoms with Crippen LogP contribution in [0.4, 0.5) is 18.3 Å². The molecule has 100 valence electrons. The van der Waals surface area contributed by atoms with Crippen molar-refractivity contribution in [2.24, 2.45) is 5.92 Å². The van der Waals surface area contributed by atoms with Gasteiger partial charge in [0.15, 0.2) is 0 Å². The van der Waals surface area contributed by atoms with Gasteiger partial charge >= 0.3 is 6.18 Å². The molecule has 18 heavy (non-hydrogen) atoms. The molecular formula is C10H12F3N3OS. The standard InChI is InChI=1S/C10H12F3N3OS/c11-10(12,13)8-15-16-9(18-8)14-7(17)5-6-3-1-2-4-6/h6H,1-5H2,(H,14,16,17). The number of anilines is 1. The van der Waals surface area contributed by atoms with Crippen LogP contribution in [0.3, 0.4) is 0 Å². The number of alkyl halides is 3. The fraction of sp³-hybridized carbons (Fsp3) is 0.700. The van der Waals surface area contributed by atoms with E-state index in [1.54, 1.807) is 0 Å². The maximum atomic E-state index is 12.3. The fourth-order valence-corrected chi connectivity index (χ4v) is 2.66. The van der Waals surface area contributed by atoms with Crippen LogP contribution in [0.5, 0.6) is 0 Å². The summed E-state index contributed by atoms with van der Waals surface area (Å²) in [5, 5.41) is 7.55. The van der Waals surface area contributed by atoms with Crippen molar-refractivity contribution in [1.29, 1.82) is 0 Å². The van der Waals surface area contributed by atoms with E-state index in [1.807, 2.05) is 0 Å². The van der Waals surface area contributed by atoms with Crippen molar-refractivity contribution in [2.75, 3.05) is 5.32 Å². The molecule has 0 spiro atoms. The van der Waals surface area contributed by atoms with Crippen LogP contribution in [0.2, 0.25) is 0 Å². The highest BCUT2D eigenvalue weighted by molar-refractivity contribution is 7.15. The third-order valence-corrected chi connectivity index (χ3v) is 3.75. The number of rotatable bonds is 3. The molecule has 1 fully saturated rings. The molecule has 8 heteroatoms. The second-order valence-corrected chi connectivity index (χ2v) is 5.29. The highest BCUT2D eigenvalue weighted by Gasteiger charge is 2.35. The third kappa shape index (κ3) is 3.41. The van der Waals surface area contributed by atoms with E-state index in [0.29, 0.717) is 23.7 Å². The number of aromatic nitrogens is 2. The molecule has 1 aromatic heterocycles. The van der Waals surface area contributed by atoms with E-state index in [4.69, 9.17) is 0 Å². The van der Waals surface area contributed by atoms with Crippen molar-refractivity contribution in [1.82, 2.24) is 10.2 Å². The second kappa shape index (κ2) is 5.21. The van der Waals surface area contributed by atoms with Crippen molar-refractivity contribution in [2.45, 2.75) is 38.3 Å². The van der Waals surface area contributed by atoms with Gasteiger partial charge in [-0.15, -0.1) is 10.2 Å². The summed E-state index contributed by atoms with van der Waals surface area (Å²) >= 11 is 0.347. The Morgan fingerprint density at radius 3 is 2.56 bits per heavy atom. The van der Waals surface area contributed by atoms with Gasteiger partial charge in [0, 0.05) is 6.42 Å². The van der Waals surface area contributed by atoms with Crippen LogP contribution < -0.4 is 5.32 Å². The van der Waals surface area contributed by atoms with Crippen LogP contribution in [-0.4, -0.2) is 16.1 Å². The predicted molar refractivity (Wildman–Crippen MR) is 60.1 cm³/mol. The fourth-order valence-electron chi connectivity index (χ4n) is 2.04. The van der Waals surface area contributed by atoms with Crippen LogP contribution in [-0.2, 0) is 11.0 Å². The van der Waals surface area contributed by atoms with Gasteiger partial charge in [0.05, 0.1) is 0 Å². The lowest BCUT2D eigenvalue weighted by molar-refractivity contribution is -0.138. The molecule has 1 aliphatic carbocycles. The molecule has 4 nitrogen and oxygen atoms in total. The van der Waals surface area contributed by atoms with E-state index in [1.165, 1.54) is 0 Å². The summed E-state index contributed by atoms with van der Waals surface area (Å²) in [5.41, 5.74) is 0. The summed E-state index contributed by atoms with van der Waals surface area (Å²) in [5.74, 6) is 0.0618. The largest absolute Gasteiger partial charge is 0.445 e. The normalized spacial score (nSPS) is 17.1. The topological polar surface area (TPSA) is 54.9 Å². The van der Waals surface area contributed by atoms with E-state index in [2.05, 4.69) is 15.5 Å². The molecule has 0 radical (unpaired) electrons. The lowest BCUT2D eigenvalue weighted by atomic mass is 10.0. The first-order chi connectivity index (χ1) is 8.45. The average molecular weight is 279 g/mol. The van der Waals surface area contributed by atoms with Crippen LogP contribution in [0.25, 0.3) is 0 Å². The van der Waals surface area contributed by atoms with Crippen molar-refractivity contribution < 1.29 is 18.0 Å². The maximum absolute atomic E-state index is 12.3. The van der Waals surface area contributed by atoms with Gasteiger partial charge in [0.25, 0.3) is 0 Å². The lowest BCUT2D eigenvalue weighted by Crippen LogP contribution is -2.14. The number of halogens is 3. The average Bonchev–Trinajstić information content (AvgIpc) is 2.87. The van der Waals surface area contributed by atoms with E-state index < -0.39 is 11.2 Å². The molecular weight excluding hydrogens is 267 g/mol.